The van der Waals surface area contributed by atoms with Crippen LogP contribution in [0.25, 0.3) is 0 Å². The van der Waals surface area contributed by atoms with Crippen LogP contribution in [0, 0.1) is 5.82 Å². The number of hydrogen-bond acceptors (Lipinski definition) is 4. The van der Waals surface area contributed by atoms with Gasteiger partial charge in [-0.1, -0.05) is 6.07 Å². The molecule has 2 saturated heterocycles. The van der Waals surface area contributed by atoms with Gasteiger partial charge in [0.2, 0.25) is 11.8 Å². The Morgan fingerprint density at radius 1 is 1.24 bits per heavy atom. The number of anilines is 1. The van der Waals surface area contributed by atoms with Gasteiger partial charge in [-0.15, -0.1) is 0 Å². The van der Waals surface area contributed by atoms with Crippen LogP contribution < -0.4 is 15.5 Å². The summed E-state index contributed by atoms with van der Waals surface area (Å²) < 4.78 is 13.6. The van der Waals surface area contributed by atoms with E-state index in [1.54, 1.807) is 12.1 Å². The zero-order chi connectivity index (χ0) is 20.6. The van der Waals surface area contributed by atoms with E-state index in [9.17, 15) is 14.0 Å². The van der Waals surface area contributed by atoms with E-state index < -0.39 is 0 Å². The molecule has 0 saturated carbocycles. The minimum Gasteiger partial charge on any atom is -0.369 e. The molecule has 0 aromatic heterocycles. The van der Waals surface area contributed by atoms with Gasteiger partial charge in [-0.25, -0.2) is 4.39 Å². The van der Waals surface area contributed by atoms with E-state index in [4.69, 9.17) is 0 Å². The summed E-state index contributed by atoms with van der Waals surface area (Å²) in [6, 6.07) is 6.86. The Morgan fingerprint density at radius 3 is 2.76 bits per heavy atom. The number of guanidine groups is 1. The Bertz CT molecular complexity index is 738. The van der Waals surface area contributed by atoms with E-state index in [0.29, 0.717) is 44.9 Å². The molecule has 1 atom stereocenters. The first kappa shape index (κ1) is 21.1. The number of nitrogens with zero attached hydrogens (tertiary/aromatic N) is 3. The van der Waals surface area contributed by atoms with Gasteiger partial charge in [0.25, 0.3) is 0 Å². The fraction of sp³-hybridized carbons (Fsp3) is 0.571. The van der Waals surface area contributed by atoms with E-state index in [1.807, 2.05) is 13.0 Å². The van der Waals surface area contributed by atoms with Gasteiger partial charge in [0.15, 0.2) is 5.96 Å². The standard InChI is InChI=1S/C21H30FN5O2/c1-2-23-21(24-11-13-27-19(28)9-4-10-20(27)29)25-17-7-5-12-26(15-17)18-8-3-6-16(22)14-18/h3,6,8,14,17H,2,4-5,7,9-13,15H2,1H3,(H2,23,24,25). The molecule has 0 bridgehead atoms. The summed E-state index contributed by atoms with van der Waals surface area (Å²) >= 11 is 0. The summed E-state index contributed by atoms with van der Waals surface area (Å²) in [5.41, 5.74) is 0.889. The van der Waals surface area contributed by atoms with Crippen molar-refractivity contribution in [1.29, 1.82) is 0 Å². The average molecular weight is 404 g/mol. The van der Waals surface area contributed by atoms with Crippen LogP contribution in [0.15, 0.2) is 29.3 Å². The van der Waals surface area contributed by atoms with Gasteiger partial charge in [-0.2, -0.15) is 0 Å². The normalized spacial score (nSPS) is 20.8. The smallest absolute Gasteiger partial charge is 0.229 e. The van der Waals surface area contributed by atoms with Gasteiger partial charge in [0, 0.05) is 50.7 Å². The highest BCUT2D eigenvalue weighted by molar-refractivity contribution is 5.97. The molecule has 0 radical (unpaired) electrons. The lowest BCUT2D eigenvalue weighted by Crippen LogP contribution is -2.51. The van der Waals surface area contributed by atoms with Crippen molar-refractivity contribution >= 4 is 23.5 Å². The lowest BCUT2D eigenvalue weighted by atomic mass is 10.0. The Morgan fingerprint density at radius 2 is 2.03 bits per heavy atom. The lowest BCUT2D eigenvalue weighted by Gasteiger charge is -2.35. The molecule has 2 amide bonds. The highest BCUT2D eigenvalue weighted by Gasteiger charge is 2.25. The molecule has 7 nitrogen and oxygen atoms in total. The number of imide groups is 1. The van der Waals surface area contributed by atoms with Gasteiger partial charge in [0.1, 0.15) is 5.82 Å². The number of likely N-dealkylation sites (tertiary alicyclic amines) is 1. The third-order valence-corrected chi connectivity index (χ3v) is 5.26. The number of piperidine rings is 2. The monoisotopic (exact) mass is 403 g/mol. The van der Waals surface area contributed by atoms with Crippen LogP contribution in [0.3, 0.4) is 0 Å². The molecule has 0 spiro atoms. The van der Waals surface area contributed by atoms with Crippen molar-refractivity contribution in [3.8, 4) is 0 Å². The molecule has 3 rings (SSSR count). The number of aliphatic imine (C=N–C) groups is 1. The van der Waals surface area contributed by atoms with E-state index >= 15 is 0 Å². The van der Waals surface area contributed by atoms with E-state index in [0.717, 1.165) is 31.6 Å². The van der Waals surface area contributed by atoms with Crippen LogP contribution in [-0.4, -0.2) is 61.4 Å². The maximum absolute atomic E-state index is 13.6. The van der Waals surface area contributed by atoms with Crippen LogP contribution in [0.1, 0.15) is 39.0 Å². The fourth-order valence-electron chi connectivity index (χ4n) is 3.83. The molecule has 29 heavy (non-hydrogen) atoms. The summed E-state index contributed by atoms with van der Waals surface area (Å²) in [6.45, 7) is 5.05. The van der Waals surface area contributed by atoms with Gasteiger partial charge in [-0.3, -0.25) is 19.5 Å². The summed E-state index contributed by atoms with van der Waals surface area (Å²) in [5.74, 6) is 0.240. The van der Waals surface area contributed by atoms with E-state index in [2.05, 4.69) is 20.5 Å². The number of rotatable bonds is 6. The first-order valence-corrected chi connectivity index (χ1v) is 10.5. The summed E-state index contributed by atoms with van der Waals surface area (Å²) in [4.78, 5) is 31.9. The van der Waals surface area contributed by atoms with Gasteiger partial charge < -0.3 is 15.5 Å². The summed E-state index contributed by atoms with van der Waals surface area (Å²) in [6.07, 6.45) is 3.52. The minimum absolute atomic E-state index is 0.104. The molecule has 2 aliphatic rings. The molecule has 0 aliphatic carbocycles. The van der Waals surface area contributed by atoms with Crippen molar-refractivity contribution in [2.45, 2.75) is 45.1 Å². The molecular weight excluding hydrogens is 373 g/mol. The lowest BCUT2D eigenvalue weighted by molar-refractivity contribution is -0.147. The van der Waals surface area contributed by atoms with Crippen LogP contribution in [-0.2, 0) is 9.59 Å². The van der Waals surface area contributed by atoms with Crippen molar-refractivity contribution in [1.82, 2.24) is 15.5 Å². The average Bonchev–Trinajstić information content (AvgIpc) is 2.70. The maximum Gasteiger partial charge on any atom is 0.229 e. The first-order chi connectivity index (χ1) is 14.1. The SMILES string of the molecule is CCNC(=NCCN1C(=O)CCCC1=O)NC1CCCN(c2cccc(F)c2)C1. The third-order valence-electron chi connectivity index (χ3n) is 5.26. The fourth-order valence-corrected chi connectivity index (χ4v) is 3.83. The van der Waals surface area contributed by atoms with E-state index in [-0.39, 0.29) is 23.7 Å². The van der Waals surface area contributed by atoms with Crippen molar-refractivity contribution < 1.29 is 14.0 Å². The Hall–Kier alpha value is -2.64. The Labute approximate surface area is 171 Å². The number of amides is 2. The number of hydrogen-bond donors (Lipinski definition) is 2. The molecule has 2 heterocycles. The molecule has 2 aliphatic heterocycles. The summed E-state index contributed by atoms with van der Waals surface area (Å²) in [5, 5.41) is 6.67. The molecule has 1 aromatic rings. The second kappa shape index (κ2) is 10.2. The Kier molecular flexibility index (Phi) is 7.43. The molecule has 2 N–H and O–H groups in total. The highest BCUT2D eigenvalue weighted by Crippen LogP contribution is 2.20. The van der Waals surface area contributed by atoms with Crippen LogP contribution in [0.2, 0.25) is 0 Å². The highest BCUT2D eigenvalue weighted by atomic mass is 19.1. The van der Waals surface area contributed by atoms with Gasteiger partial charge in [0.05, 0.1) is 6.54 Å². The number of carbonyl (C=O) groups excluding carboxylic acids is 2. The second-order valence-corrected chi connectivity index (χ2v) is 7.46. The quantitative estimate of drug-likeness (QED) is 0.431. The third kappa shape index (κ3) is 5.92. The predicted octanol–water partition coefficient (Wildman–Crippen LogP) is 1.89. The summed E-state index contributed by atoms with van der Waals surface area (Å²) in [7, 11) is 0. The molecule has 1 aromatic carbocycles. The number of benzene rings is 1. The van der Waals surface area contributed by atoms with Crippen LogP contribution >= 0.6 is 0 Å². The molecule has 1 unspecified atom stereocenters. The van der Waals surface area contributed by atoms with Crippen molar-refractivity contribution in [2.24, 2.45) is 4.99 Å². The second-order valence-electron chi connectivity index (χ2n) is 7.46. The van der Waals surface area contributed by atoms with Gasteiger partial charge in [-0.05, 0) is 44.4 Å². The largest absolute Gasteiger partial charge is 0.369 e. The van der Waals surface area contributed by atoms with Crippen LogP contribution in [0.4, 0.5) is 10.1 Å². The predicted molar refractivity (Wildman–Crippen MR) is 111 cm³/mol. The molecular formula is C21H30FN5O2. The van der Waals surface area contributed by atoms with Gasteiger partial charge >= 0.3 is 0 Å². The first-order valence-electron chi connectivity index (χ1n) is 10.5. The number of carbonyl (C=O) groups is 2. The van der Waals surface area contributed by atoms with E-state index in [1.165, 1.54) is 11.0 Å². The van der Waals surface area contributed by atoms with Crippen molar-refractivity contribution in [2.75, 3.05) is 37.6 Å². The zero-order valence-electron chi connectivity index (χ0n) is 17.0. The zero-order valence-corrected chi connectivity index (χ0v) is 17.0. The van der Waals surface area contributed by atoms with Crippen LogP contribution in [0.5, 0.6) is 0 Å². The molecule has 8 heteroatoms. The van der Waals surface area contributed by atoms with Crippen molar-refractivity contribution in [3.05, 3.63) is 30.1 Å². The molecule has 2 fully saturated rings. The Balaban J connectivity index is 1.56. The molecule has 158 valence electrons. The maximum atomic E-state index is 13.6. The minimum atomic E-state index is -0.228. The number of halogens is 1. The van der Waals surface area contributed by atoms with Crippen molar-refractivity contribution in [3.63, 3.8) is 0 Å². The topological polar surface area (TPSA) is 77.0 Å². The number of nitrogens with one attached hydrogen (secondary N) is 2.